The summed E-state index contributed by atoms with van der Waals surface area (Å²) in [5.74, 6) is 1.09. The number of aromatic carboxylic acids is 1. The van der Waals surface area contributed by atoms with Gasteiger partial charge in [-0.1, -0.05) is 26.0 Å². The highest BCUT2D eigenvalue weighted by Gasteiger charge is 2.25. The van der Waals surface area contributed by atoms with E-state index in [4.69, 9.17) is 9.84 Å². The van der Waals surface area contributed by atoms with Crippen molar-refractivity contribution < 1.29 is 14.6 Å². The van der Waals surface area contributed by atoms with Crippen molar-refractivity contribution in [1.29, 1.82) is 0 Å². The van der Waals surface area contributed by atoms with Crippen molar-refractivity contribution in [2.75, 3.05) is 0 Å². The molecule has 0 heterocycles. The summed E-state index contributed by atoms with van der Waals surface area (Å²) in [7, 11) is 0. The normalized spacial score (nSPS) is 23.3. The van der Waals surface area contributed by atoms with E-state index >= 15 is 0 Å². The Balaban J connectivity index is 1.98. The standard InChI is InChI=1S/C16H22O3/c1-11(2)12-7-9-13(10-8-12)19-15-6-4-3-5-14(15)16(17)18/h3-6,11-13H,7-10H2,1-2H3,(H,17,18). The fraction of sp³-hybridized carbons (Fsp3) is 0.562. The fourth-order valence-electron chi connectivity index (χ4n) is 2.80. The van der Waals surface area contributed by atoms with Crippen LogP contribution in [0, 0.1) is 11.8 Å². The van der Waals surface area contributed by atoms with Crippen molar-refractivity contribution >= 4 is 5.97 Å². The molecule has 1 saturated carbocycles. The van der Waals surface area contributed by atoms with Crippen LogP contribution in [0.5, 0.6) is 5.75 Å². The summed E-state index contributed by atoms with van der Waals surface area (Å²) < 4.78 is 5.89. The molecule has 1 N–H and O–H groups in total. The average molecular weight is 262 g/mol. The van der Waals surface area contributed by atoms with Crippen LogP contribution in [0.15, 0.2) is 24.3 Å². The molecule has 0 aliphatic heterocycles. The van der Waals surface area contributed by atoms with E-state index in [0.717, 1.165) is 24.7 Å². The van der Waals surface area contributed by atoms with E-state index in [1.54, 1.807) is 18.2 Å². The number of rotatable bonds is 4. The van der Waals surface area contributed by atoms with E-state index in [-0.39, 0.29) is 11.7 Å². The molecule has 3 nitrogen and oxygen atoms in total. The maximum atomic E-state index is 11.1. The molecule has 0 bridgehead atoms. The Morgan fingerprint density at radius 3 is 2.42 bits per heavy atom. The molecular weight excluding hydrogens is 240 g/mol. The predicted octanol–water partition coefficient (Wildman–Crippen LogP) is 3.98. The molecule has 1 aromatic carbocycles. The van der Waals surface area contributed by atoms with E-state index in [0.29, 0.717) is 5.75 Å². The van der Waals surface area contributed by atoms with Gasteiger partial charge in [-0.15, -0.1) is 0 Å². The Morgan fingerprint density at radius 2 is 1.84 bits per heavy atom. The summed E-state index contributed by atoms with van der Waals surface area (Å²) in [6.07, 6.45) is 4.57. The van der Waals surface area contributed by atoms with E-state index < -0.39 is 5.97 Å². The van der Waals surface area contributed by atoms with E-state index in [9.17, 15) is 4.79 Å². The van der Waals surface area contributed by atoms with Gasteiger partial charge in [-0.3, -0.25) is 0 Å². The predicted molar refractivity (Wildman–Crippen MR) is 74.6 cm³/mol. The third-order valence-electron chi connectivity index (χ3n) is 4.07. The summed E-state index contributed by atoms with van der Waals surface area (Å²) in [4.78, 5) is 11.1. The topological polar surface area (TPSA) is 46.5 Å². The van der Waals surface area contributed by atoms with Gasteiger partial charge in [0, 0.05) is 0 Å². The molecule has 0 radical (unpaired) electrons. The number of carboxylic acids is 1. The summed E-state index contributed by atoms with van der Waals surface area (Å²) in [5.41, 5.74) is 0.258. The Kier molecular flexibility index (Phi) is 4.46. The van der Waals surface area contributed by atoms with Crippen LogP contribution in [0.4, 0.5) is 0 Å². The van der Waals surface area contributed by atoms with Gasteiger partial charge < -0.3 is 9.84 Å². The van der Waals surface area contributed by atoms with Gasteiger partial charge in [0.25, 0.3) is 0 Å². The summed E-state index contributed by atoms with van der Waals surface area (Å²) in [6.45, 7) is 4.54. The molecule has 0 unspecified atom stereocenters. The van der Waals surface area contributed by atoms with Gasteiger partial charge in [0.2, 0.25) is 0 Å². The number of carboxylic acid groups (broad SMARTS) is 1. The van der Waals surface area contributed by atoms with Gasteiger partial charge in [-0.05, 0) is 49.7 Å². The molecule has 1 aliphatic rings. The molecule has 1 aromatic rings. The minimum atomic E-state index is -0.925. The van der Waals surface area contributed by atoms with Crippen LogP contribution < -0.4 is 4.74 Å². The van der Waals surface area contributed by atoms with Crippen molar-refractivity contribution in [2.24, 2.45) is 11.8 Å². The zero-order valence-corrected chi connectivity index (χ0v) is 11.6. The molecule has 19 heavy (non-hydrogen) atoms. The van der Waals surface area contributed by atoms with Crippen molar-refractivity contribution in [3.63, 3.8) is 0 Å². The van der Waals surface area contributed by atoms with Crippen LogP contribution >= 0.6 is 0 Å². The highest BCUT2D eigenvalue weighted by molar-refractivity contribution is 5.90. The average Bonchev–Trinajstić information content (AvgIpc) is 2.39. The van der Waals surface area contributed by atoms with Crippen LogP contribution in [0.2, 0.25) is 0 Å². The molecule has 104 valence electrons. The van der Waals surface area contributed by atoms with Gasteiger partial charge in [-0.2, -0.15) is 0 Å². The van der Waals surface area contributed by atoms with Crippen LogP contribution in [-0.4, -0.2) is 17.2 Å². The van der Waals surface area contributed by atoms with Gasteiger partial charge in [-0.25, -0.2) is 4.79 Å². The molecule has 0 spiro atoms. The van der Waals surface area contributed by atoms with Crippen molar-refractivity contribution in [3.8, 4) is 5.75 Å². The summed E-state index contributed by atoms with van der Waals surface area (Å²) in [5, 5.41) is 9.13. The van der Waals surface area contributed by atoms with E-state index in [1.165, 1.54) is 12.8 Å². The zero-order chi connectivity index (χ0) is 13.8. The lowest BCUT2D eigenvalue weighted by atomic mass is 9.80. The van der Waals surface area contributed by atoms with Gasteiger partial charge in [0.1, 0.15) is 11.3 Å². The second-order valence-corrected chi connectivity index (χ2v) is 5.70. The van der Waals surface area contributed by atoms with Gasteiger partial charge >= 0.3 is 5.97 Å². The smallest absolute Gasteiger partial charge is 0.339 e. The minimum absolute atomic E-state index is 0.162. The Morgan fingerprint density at radius 1 is 1.21 bits per heavy atom. The zero-order valence-electron chi connectivity index (χ0n) is 11.6. The first kappa shape index (κ1) is 13.9. The number of para-hydroxylation sites is 1. The molecule has 0 saturated heterocycles. The molecule has 0 amide bonds. The molecule has 0 atom stereocenters. The van der Waals surface area contributed by atoms with Crippen LogP contribution in [-0.2, 0) is 0 Å². The summed E-state index contributed by atoms with van der Waals surface area (Å²) in [6, 6.07) is 6.89. The van der Waals surface area contributed by atoms with Crippen molar-refractivity contribution in [3.05, 3.63) is 29.8 Å². The lowest BCUT2D eigenvalue weighted by Crippen LogP contribution is -2.26. The third-order valence-corrected chi connectivity index (χ3v) is 4.07. The minimum Gasteiger partial charge on any atom is -0.490 e. The first-order valence-electron chi connectivity index (χ1n) is 7.07. The Hall–Kier alpha value is -1.51. The SMILES string of the molecule is CC(C)C1CCC(Oc2ccccc2C(=O)O)CC1. The van der Waals surface area contributed by atoms with Crippen molar-refractivity contribution in [2.45, 2.75) is 45.6 Å². The third kappa shape index (κ3) is 3.49. The number of benzene rings is 1. The number of hydrogen-bond donors (Lipinski definition) is 1. The molecule has 1 aliphatic carbocycles. The van der Waals surface area contributed by atoms with Gasteiger partial charge in [0.05, 0.1) is 6.10 Å². The summed E-state index contributed by atoms with van der Waals surface area (Å²) >= 11 is 0. The second kappa shape index (κ2) is 6.09. The molecule has 3 heteroatoms. The van der Waals surface area contributed by atoms with Crippen molar-refractivity contribution in [1.82, 2.24) is 0 Å². The maximum absolute atomic E-state index is 11.1. The first-order valence-corrected chi connectivity index (χ1v) is 7.07. The highest BCUT2D eigenvalue weighted by Crippen LogP contribution is 2.32. The molecule has 0 aromatic heterocycles. The monoisotopic (exact) mass is 262 g/mol. The molecule has 2 rings (SSSR count). The van der Waals surface area contributed by atoms with Gasteiger partial charge in [0.15, 0.2) is 0 Å². The Labute approximate surface area is 114 Å². The molecular formula is C16H22O3. The number of ether oxygens (including phenoxy) is 1. The fourth-order valence-corrected chi connectivity index (χ4v) is 2.80. The van der Waals surface area contributed by atoms with Crippen LogP contribution in [0.3, 0.4) is 0 Å². The highest BCUT2D eigenvalue weighted by atomic mass is 16.5. The van der Waals surface area contributed by atoms with Crippen LogP contribution in [0.1, 0.15) is 49.9 Å². The number of hydrogen-bond acceptors (Lipinski definition) is 2. The molecule has 1 fully saturated rings. The first-order chi connectivity index (χ1) is 9.08. The second-order valence-electron chi connectivity index (χ2n) is 5.70. The van der Waals surface area contributed by atoms with E-state index in [2.05, 4.69) is 13.8 Å². The maximum Gasteiger partial charge on any atom is 0.339 e. The van der Waals surface area contributed by atoms with E-state index in [1.807, 2.05) is 6.07 Å². The van der Waals surface area contributed by atoms with Crippen LogP contribution in [0.25, 0.3) is 0 Å². The number of carbonyl (C=O) groups is 1. The largest absolute Gasteiger partial charge is 0.490 e. The Bertz CT molecular complexity index is 431. The lowest BCUT2D eigenvalue weighted by Gasteiger charge is -2.31. The quantitative estimate of drug-likeness (QED) is 0.892. The lowest BCUT2D eigenvalue weighted by molar-refractivity contribution is 0.0681.